The highest BCUT2D eigenvalue weighted by molar-refractivity contribution is 8.04. The van der Waals surface area contributed by atoms with Crippen molar-refractivity contribution >= 4 is 41.2 Å². The lowest BCUT2D eigenvalue weighted by atomic mass is 9.77. The maximum Gasteiger partial charge on any atom is 0.342 e. The first-order chi connectivity index (χ1) is 14.4. The fraction of sp³-hybridized carbons (Fsp3) is 0.143. The highest BCUT2D eigenvalue weighted by Gasteiger charge is 2.58. The largest absolute Gasteiger partial charge is 0.478 e. The summed E-state index contributed by atoms with van der Waals surface area (Å²) in [5, 5.41) is 8.46. The maximum absolute atomic E-state index is 13.4. The average molecular weight is 422 g/mol. The van der Waals surface area contributed by atoms with Gasteiger partial charge in [-0.15, -0.1) is 0 Å². The monoisotopic (exact) mass is 422 g/mol. The van der Waals surface area contributed by atoms with Gasteiger partial charge in [-0.1, -0.05) is 30.0 Å². The van der Waals surface area contributed by atoms with E-state index in [1.807, 2.05) is 0 Å². The van der Waals surface area contributed by atoms with Gasteiger partial charge in [0, 0.05) is 11.5 Å². The Morgan fingerprint density at radius 1 is 1.03 bits per heavy atom. The molecule has 30 heavy (non-hydrogen) atoms. The van der Waals surface area contributed by atoms with E-state index in [9.17, 15) is 19.2 Å². The predicted octanol–water partition coefficient (Wildman–Crippen LogP) is 1.86. The minimum Gasteiger partial charge on any atom is -0.478 e. The van der Waals surface area contributed by atoms with Gasteiger partial charge >= 0.3 is 11.9 Å². The molecule has 0 aliphatic carbocycles. The van der Waals surface area contributed by atoms with Gasteiger partial charge in [0.25, 0.3) is 0 Å². The molecule has 3 aliphatic heterocycles. The summed E-state index contributed by atoms with van der Waals surface area (Å²) in [6.45, 7) is 0. The fourth-order valence-corrected chi connectivity index (χ4v) is 5.45. The number of carboxylic acid groups (broad SMARTS) is 1. The third-order valence-electron chi connectivity index (χ3n) is 5.53. The molecule has 3 heterocycles. The number of para-hydroxylation sites is 1. The van der Waals surface area contributed by atoms with E-state index >= 15 is 0 Å². The van der Waals surface area contributed by atoms with Gasteiger partial charge in [-0.05, 0) is 30.3 Å². The second kappa shape index (κ2) is 6.46. The van der Waals surface area contributed by atoms with Gasteiger partial charge in [0.05, 0.1) is 27.8 Å². The Morgan fingerprint density at radius 2 is 1.73 bits per heavy atom. The van der Waals surface area contributed by atoms with Crippen LogP contribution in [0.15, 0.2) is 59.1 Å². The lowest BCUT2D eigenvalue weighted by Gasteiger charge is -2.36. The zero-order valence-electron chi connectivity index (χ0n) is 15.3. The number of ether oxygens (including phenoxy) is 1. The Bertz CT molecular complexity index is 1170. The van der Waals surface area contributed by atoms with Crippen LogP contribution in [0.2, 0.25) is 0 Å². The number of hydrogen-bond donors (Lipinski definition) is 2. The summed E-state index contributed by atoms with van der Waals surface area (Å²) in [6, 6.07) is 12.4. The summed E-state index contributed by atoms with van der Waals surface area (Å²) in [6.07, 6.45) is 0. The molecule has 0 spiro atoms. The molecule has 3 aliphatic rings. The molecule has 3 N–H and O–H groups in total. The van der Waals surface area contributed by atoms with E-state index in [1.165, 1.54) is 24.3 Å². The number of carbonyl (C=O) groups excluding carboxylic acids is 3. The molecule has 2 aromatic rings. The number of esters is 1. The van der Waals surface area contributed by atoms with Crippen molar-refractivity contribution in [3.05, 3.63) is 70.3 Å². The van der Waals surface area contributed by atoms with Crippen LogP contribution in [0.1, 0.15) is 21.8 Å². The molecule has 0 radical (unpaired) electrons. The molecule has 8 nitrogen and oxygen atoms in total. The number of aromatic carboxylic acids is 1. The Hall–Kier alpha value is -3.59. The van der Waals surface area contributed by atoms with Crippen molar-refractivity contribution in [2.75, 3.05) is 4.90 Å². The van der Waals surface area contributed by atoms with Crippen LogP contribution in [0, 0.1) is 5.92 Å². The summed E-state index contributed by atoms with van der Waals surface area (Å²) >= 11 is 0.990. The lowest BCUT2D eigenvalue weighted by Crippen LogP contribution is -2.39. The van der Waals surface area contributed by atoms with Gasteiger partial charge in [-0.2, -0.15) is 0 Å². The maximum atomic E-state index is 13.4. The molecule has 1 fully saturated rings. The molecule has 0 bridgehead atoms. The minimum atomic E-state index is -1.11. The van der Waals surface area contributed by atoms with Gasteiger partial charge < -0.3 is 15.6 Å². The molecule has 9 heteroatoms. The average Bonchev–Trinajstić information content (AvgIpc) is 2.97. The highest BCUT2D eigenvalue weighted by Crippen LogP contribution is 2.54. The number of benzene rings is 2. The molecule has 3 atom stereocenters. The zero-order valence-corrected chi connectivity index (χ0v) is 16.1. The van der Waals surface area contributed by atoms with Gasteiger partial charge in [-0.25, -0.2) is 14.5 Å². The number of hydrogen-bond acceptors (Lipinski definition) is 7. The van der Waals surface area contributed by atoms with Crippen molar-refractivity contribution in [1.29, 1.82) is 0 Å². The second-order valence-corrected chi connectivity index (χ2v) is 8.29. The number of thioether (sulfide) groups is 1. The van der Waals surface area contributed by atoms with Crippen LogP contribution in [-0.4, -0.2) is 34.1 Å². The van der Waals surface area contributed by atoms with E-state index in [1.54, 1.807) is 24.3 Å². The Labute approximate surface area is 174 Å². The summed E-state index contributed by atoms with van der Waals surface area (Å²) in [4.78, 5) is 51.3. The van der Waals surface area contributed by atoms with E-state index in [4.69, 9.17) is 15.6 Å². The summed E-state index contributed by atoms with van der Waals surface area (Å²) in [5.74, 6) is -3.79. The Kier molecular flexibility index (Phi) is 3.97. The number of amides is 2. The van der Waals surface area contributed by atoms with Crippen LogP contribution < -0.4 is 15.4 Å². The first-order valence-electron chi connectivity index (χ1n) is 9.07. The molecule has 150 valence electrons. The Balaban J connectivity index is 1.61. The van der Waals surface area contributed by atoms with Crippen molar-refractivity contribution in [2.24, 2.45) is 11.7 Å². The van der Waals surface area contributed by atoms with Gasteiger partial charge in [0.15, 0.2) is 0 Å². The van der Waals surface area contributed by atoms with E-state index in [2.05, 4.69) is 0 Å². The van der Waals surface area contributed by atoms with Crippen LogP contribution in [0.3, 0.4) is 0 Å². The van der Waals surface area contributed by atoms with E-state index < -0.39 is 40.8 Å². The quantitative estimate of drug-likeness (QED) is 0.427. The molecule has 0 saturated carbocycles. The first kappa shape index (κ1) is 18.4. The SMILES string of the molecule is NC1=C2C(=O)Oc3ccccc3[C@@H]2[C@@H]2C(=O)N(c3ccc(C(=O)O)cc3)C(=O)[C@H]2S1. The zero-order chi connectivity index (χ0) is 21.2. The molecule has 0 unspecified atom stereocenters. The number of imide groups is 1. The van der Waals surface area contributed by atoms with Crippen molar-refractivity contribution in [1.82, 2.24) is 0 Å². The highest BCUT2D eigenvalue weighted by atomic mass is 32.2. The third-order valence-corrected chi connectivity index (χ3v) is 6.76. The number of nitrogens with two attached hydrogens (primary N) is 1. The van der Waals surface area contributed by atoms with Gasteiger partial charge in [0.2, 0.25) is 11.8 Å². The topological polar surface area (TPSA) is 127 Å². The molecule has 2 amide bonds. The standard InChI is InChI=1S/C21H14N2O6S/c22-17-15-13(11-3-1-2-4-12(11)29-21(15)28)14-16(30-17)19(25)23(18(14)24)10-7-5-9(6-8-10)20(26)27/h1-8,13-14,16H,22H2,(H,26,27)/t13-,14+,16+/m1/s1. The lowest BCUT2D eigenvalue weighted by molar-refractivity contribution is -0.131. The van der Waals surface area contributed by atoms with Crippen LogP contribution in [0.4, 0.5) is 5.69 Å². The van der Waals surface area contributed by atoms with Crippen LogP contribution in [0.25, 0.3) is 0 Å². The predicted molar refractivity (Wildman–Crippen MR) is 107 cm³/mol. The summed E-state index contributed by atoms with van der Waals surface area (Å²) < 4.78 is 5.37. The van der Waals surface area contributed by atoms with Crippen LogP contribution in [0.5, 0.6) is 5.75 Å². The molecular formula is C21H14N2O6S. The number of carboxylic acids is 1. The Morgan fingerprint density at radius 3 is 2.43 bits per heavy atom. The van der Waals surface area contributed by atoms with Crippen molar-refractivity contribution in [2.45, 2.75) is 11.2 Å². The van der Waals surface area contributed by atoms with Crippen molar-refractivity contribution in [3.63, 3.8) is 0 Å². The van der Waals surface area contributed by atoms with Crippen molar-refractivity contribution in [3.8, 4) is 5.75 Å². The molecule has 5 rings (SSSR count). The second-order valence-electron chi connectivity index (χ2n) is 7.11. The van der Waals surface area contributed by atoms with E-state index in [0.29, 0.717) is 11.3 Å². The number of carbonyl (C=O) groups is 4. The van der Waals surface area contributed by atoms with Gasteiger partial charge in [0.1, 0.15) is 11.0 Å². The number of anilines is 1. The smallest absolute Gasteiger partial charge is 0.342 e. The first-order valence-corrected chi connectivity index (χ1v) is 9.95. The van der Waals surface area contributed by atoms with E-state index in [0.717, 1.165) is 16.7 Å². The van der Waals surface area contributed by atoms with E-state index in [-0.39, 0.29) is 21.9 Å². The summed E-state index contributed by atoms with van der Waals surface area (Å²) in [5.41, 5.74) is 7.28. The number of fused-ring (bicyclic) bond motifs is 5. The number of nitrogens with zero attached hydrogens (tertiary/aromatic N) is 1. The fourth-order valence-electron chi connectivity index (χ4n) is 4.21. The molecule has 2 aromatic carbocycles. The molecule has 0 aromatic heterocycles. The molecule has 1 saturated heterocycles. The summed E-state index contributed by atoms with van der Waals surface area (Å²) in [7, 11) is 0. The van der Waals surface area contributed by atoms with Crippen LogP contribution in [-0.2, 0) is 14.4 Å². The number of rotatable bonds is 2. The van der Waals surface area contributed by atoms with Gasteiger partial charge in [-0.3, -0.25) is 9.59 Å². The van der Waals surface area contributed by atoms with Crippen molar-refractivity contribution < 1.29 is 29.0 Å². The van der Waals surface area contributed by atoms with Crippen LogP contribution >= 0.6 is 11.8 Å². The third kappa shape index (κ3) is 2.48. The molecular weight excluding hydrogens is 408 g/mol. The normalized spacial score (nSPS) is 24.9. The minimum absolute atomic E-state index is 0.0433.